The topological polar surface area (TPSA) is 75.7 Å². The van der Waals surface area contributed by atoms with Crippen molar-refractivity contribution in [3.05, 3.63) is 47.2 Å². The van der Waals surface area contributed by atoms with E-state index in [0.717, 1.165) is 18.9 Å². The molecule has 0 radical (unpaired) electrons. The molecule has 2 amide bonds. The molecule has 1 aromatic rings. The Morgan fingerprint density at radius 1 is 1.23 bits per heavy atom. The van der Waals surface area contributed by atoms with Gasteiger partial charge in [-0.1, -0.05) is 30.3 Å². The third kappa shape index (κ3) is 3.04. The summed E-state index contributed by atoms with van der Waals surface area (Å²) in [5.41, 5.74) is -4.09. The number of hydrogen-bond acceptors (Lipinski definition) is 4. The molecule has 0 bridgehead atoms. The van der Waals surface area contributed by atoms with E-state index in [1.54, 1.807) is 35.6 Å². The quantitative estimate of drug-likeness (QED) is 0.822. The number of benzene rings is 1. The predicted octanol–water partition coefficient (Wildman–Crippen LogP) is 1.91. The Morgan fingerprint density at radius 2 is 1.81 bits per heavy atom. The van der Waals surface area contributed by atoms with Crippen LogP contribution in [0.3, 0.4) is 0 Å². The molecule has 9 heteroatoms. The van der Waals surface area contributed by atoms with E-state index in [0.29, 0.717) is 5.56 Å². The van der Waals surface area contributed by atoms with Gasteiger partial charge < -0.3 is 15.0 Å². The average Bonchev–Trinajstić information content (AvgIpc) is 2.76. The smallest absolute Gasteiger partial charge is 0.425 e. The molecule has 1 heterocycles. The number of hydrogen-bond donors (Lipinski definition) is 1. The number of amides is 2. The Balaban J connectivity index is 2.65. The van der Waals surface area contributed by atoms with Gasteiger partial charge >= 0.3 is 12.1 Å². The van der Waals surface area contributed by atoms with E-state index in [1.807, 2.05) is 0 Å². The summed E-state index contributed by atoms with van der Waals surface area (Å²) >= 11 is 0. The molecule has 6 nitrogen and oxygen atoms in total. The van der Waals surface area contributed by atoms with Crippen molar-refractivity contribution in [2.75, 3.05) is 7.11 Å². The molecule has 0 fully saturated rings. The van der Waals surface area contributed by atoms with Crippen LogP contribution < -0.4 is 5.32 Å². The molecule has 1 aliphatic heterocycles. The molecule has 1 aliphatic rings. The molecule has 140 valence electrons. The molecule has 1 aromatic carbocycles. The van der Waals surface area contributed by atoms with Crippen LogP contribution in [0.15, 0.2) is 41.6 Å². The van der Waals surface area contributed by atoms with Crippen molar-refractivity contribution < 1.29 is 32.3 Å². The largest absolute Gasteiger partial charge is 0.466 e. The van der Waals surface area contributed by atoms with Gasteiger partial charge in [-0.25, -0.2) is 4.79 Å². The highest BCUT2D eigenvalue weighted by Crippen LogP contribution is 2.45. The highest BCUT2D eigenvalue weighted by molar-refractivity contribution is 6.10. The third-order valence-electron chi connectivity index (χ3n) is 4.07. The van der Waals surface area contributed by atoms with Gasteiger partial charge in [0.15, 0.2) is 0 Å². The minimum Gasteiger partial charge on any atom is -0.466 e. The van der Waals surface area contributed by atoms with E-state index < -0.39 is 35.1 Å². The lowest BCUT2D eigenvalue weighted by molar-refractivity contribution is -0.195. The molecule has 0 unspecified atom stereocenters. The lowest BCUT2D eigenvalue weighted by Crippen LogP contribution is -2.65. The maximum atomic E-state index is 14.0. The lowest BCUT2D eigenvalue weighted by Gasteiger charge is -2.32. The number of esters is 1. The third-order valence-corrected chi connectivity index (χ3v) is 4.07. The maximum absolute atomic E-state index is 14.0. The van der Waals surface area contributed by atoms with Crippen LogP contribution in [0.25, 0.3) is 0 Å². The predicted molar refractivity (Wildman–Crippen MR) is 84.3 cm³/mol. The average molecular weight is 370 g/mol. The number of methoxy groups -OCH3 is 1. The van der Waals surface area contributed by atoms with Gasteiger partial charge in [0.25, 0.3) is 5.91 Å². The van der Waals surface area contributed by atoms with Crippen molar-refractivity contribution in [1.82, 2.24) is 10.2 Å². The van der Waals surface area contributed by atoms with Gasteiger partial charge in [-0.05, 0) is 12.5 Å². The molecule has 0 saturated carbocycles. The van der Waals surface area contributed by atoms with Gasteiger partial charge in [0.2, 0.25) is 11.4 Å². The summed E-state index contributed by atoms with van der Waals surface area (Å²) in [7, 11) is 0.905. The Hall–Kier alpha value is -2.84. The van der Waals surface area contributed by atoms with E-state index >= 15 is 0 Å². The molecule has 0 aromatic heterocycles. The minimum absolute atomic E-state index is 0.191. The number of halogens is 3. The van der Waals surface area contributed by atoms with Crippen molar-refractivity contribution in [3.63, 3.8) is 0 Å². The first-order valence-corrected chi connectivity index (χ1v) is 7.57. The summed E-state index contributed by atoms with van der Waals surface area (Å²) in [5.74, 6) is -3.90. The summed E-state index contributed by atoms with van der Waals surface area (Å²) in [6.07, 6.45) is -5.24. The Morgan fingerprint density at radius 3 is 2.27 bits per heavy atom. The van der Waals surface area contributed by atoms with Gasteiger partial charge in [0.1, 0.15) is 5.57 Å². The van der Waals surface area contributed by atoms with Gasteiger partial charge in [-0.2, -0.15) is 13.2 Å². The highest BCUT2D eigenvalue weighted by Gasteiger charge is 2.70. The van der Waals surface area contributed by atoms with Crippen LogP contribution in [0.4, 0.5) is 13.2 Å². The first-order valence-electron chi connectivity index (χ1n) is 7.57. The number of nitrogens with zero attached hydrogens (tertiary/aromatic N) is 1. The lowest BCUT2D eigenvalue weighted by atomic mass is 9.89. The normalized spacial score (nSPS) is 20.4. The Bertz CT molecular complexity index is 774. The first kappa shape index (κ1) is 19.5. The molecule has 0 saturated heterocycles. The molecule has 2 rings (SSSR count). The van der Waals surface area contributed by atoms with E-state index in [4.69, 9.17) is 0 Å². The van der Waals surface area contributed by atoms with E-state index in [-0.39, 0.29) is 12.2 Å². The Kier molecular flexibility index (Phi) is 5.11. The van der Waals surface area contributed by atoms with Crippen molar-refractivity contribution in [2.24, 2.45) is 0 Å². The van der Waals surface area contributed by atoms with Crippen LogP contribution in [-0.4, -0.2) is 41.5 Å². The fraction of sp³-hybridized carbons (Fsp3) is 0.353. The van der Waals surface area contributed by atoms with Crippen molar-refractivity contribution in [2.45, 2.75) is 32.1 Å². The summed E-state index contributed by atoms with van der Waals surface area (Å²) < 4.78 is 46.3. The molecule has 0 aliphatic carbocycles. The monoisotopic (exact) mass is 370 g/mol. The number of nitrogens with one attached hydrogen (secondary N) is 1. The van der Waals surface area contributed by atoms with Crippen LogP contribution in [0.5, 0.6) is 0 Å². The van der Waals surface area contributed by atoms with Crippen LogP contribution in [-0.2, 0) is 25.7 Å². The zero-order valence-electron chi connectivity index (χ0n) is 14.3. The van der Waals surface area contributed by atoms with Crippen LogP contribution in [0, 0.1) is 0 Å². The molecule has 0 spiro atoms. The number of allylic oxidation sites excluding steroid dienone is 1. The maximum Gasteiger partial charge on any atom is 0.425 e. The number of rotatable bonds is 4. The number of ether oxygens (including phenoxy) is 1. The first-order chi connectivity index (χ1) is 12.1. The summed E-state index contributed by atoms with van der Waals surface area (Å²) in [6, 6.07) is 8.31. The fourth-order valence-electron chi connectivity index (χ4n) is 2.94. The van der Waals surface area contributed by atoms with Crippen LogP contribution in [0.2, 0.25) is 0 Å². The van der Waals surface area contributed by atoms with Crippen molar-refractivity contribution in [3.8, 4) is 0 Å². The number of carbonyl (C=O) groups is 3. The van der Waals surface area contributed by atoms with Crippen molar-refractivity contribution >= 4 is 17.8 Å². The molecule has 1 atom stereocenters. The Labute approximate surface area is 147 Å². The number of carbonyl (C=O) groups excluding carboxylic acids is 3. The van der Waals surface area contributed by atoms with Gasteiger partial charge in [0.05, 0.1) is 13.7 Å². The summed E-state index contributed by atoms with van der Waals surface area (Å²) in [6.45, 7) is 1.86. The summed E-state index contributed by atoms with van der Waals surface area (Å²) in [5, 5.41) is 1.64. The van der Waals surface area contributed by atoms with E-state index in [9.17, 15) is 27.6 Å². The zero-order valence-corrected chi connectivity index (χ0v) is 14.3. The van der Waals surface area contributed by atoms with Crippen molar-refractivity contribution in [1.29, 1.82) is 0 Å². The van der Waals surface area contributed by atoms with E-state index in [1.165, 1.54) is 6.92 Å². The van der Waals surface area contributed by atoms with Gasteiger partial charge in [-0.15, -0.1) is 0 Å². The SMILES string of the molecule is COC(=O)C1=C(C)N(Cc2ccccc2)C(=O)[C@@]1(NC(C)=O)C(F)(F)F. The zero-order chi connectivity index (χ0) is 19.7. The molecule has 1 N–H and O–H groups in total. The van der Waals surface area contributed by atoms with Crippen LogP contribution in [0.1, 0.15) is 19.4 Å². The second-order valence-corrected chi connectivity index (χ2v) is 5.76. The minimum atomic E-state index is -5.24. The van der Waals surface area contributed by atoms with E-state index in [2.05, 4.69) is 4.74 Å². The molecular formula is C17H17F3N2O4. The second kappa shape index (κ2) is 6.81. The van der Waals surface area contributed by atoms with Gasteiger partial charge in [-0.3, -0.25) is 9.59 Å². The highest BCUT2D eigenvalue weighted by atomic mass is 19.4. The molecular weight excluding hydrogens is 353 g/mol. The molecule has 26 heavy (non-hydrogen) atoms. The van der Waals surface area contributed by atoms with Gasteiger partial charge in [0, 0.05) is 12.6 Å². The summed E-state index contributed by atoms with van der Waals surface area (Å²) in [4.78, 5) is 37.2. The fourth-order valence-corrected chi connectivity index (χ4v) is 2.94. The second-order valence-electron chi connectivity index (χ2n) is 5.76. The van der Waals surface area contributed by atoms with Crippen LogP contribution >= 0.6 is 0 Å². The standard InChI is InChI=1S/C17H17F3N2O4/c1-10-13(14(24)26-3)16(17(18,19)20,21-11(2)23)15(25)22(10)9-12-7-5-4-6-8-12/h4-8H,9H2,1-3H3,(H,21,23)/t16-/m1/s1. The number of alkyl halides is 3.